The molecule has 0 aromatic carbocycles. The number of hydrogen-bond donors (Lipinski definition) is 0. The van der Waals surface area contributed by atoms with Crippen LogP contribution in [0.3, 0.4) is 0 Å². The minimum absolute atomic E-state index is 3.48. The van der Waals surface area contributed by atoms with Gasteiger partial charge in [-0.15, -0.1) is 0 Å². The molecule has 0 radical (unpaired) electrons. The summed E-state index contributed by atoms with van der Waals surface area (Å²) in [7, 11) is 4.35. The third kappa shape index (κ3) is 17.6. The standard InChI is InChI=1S/ClH.Nb.2O/h1H;;;/q;+1;;/p-1. The van der Waals surface area contributed by atoms with E-state index in [4.69, 9.17) is 6.50 Å². The first-order valence-electron chi connectivity index (χ1n) is 0.534. The monoisotopic (exact) mass is 160 g/mol. The van der Waals surface area contributed by atoms with Gasteiger partial charge in [0.25, 0.3) is 0 Å². The summed E-state index contributed by atoms with van der Waals surface area (Å²) in [6, 6.07) is 0. The van der Waals surface area contributed by atoms with Crippen LogP contribution in [0, 0.1) is 0 Å². The Labute approximate surface area is 33.4 Å². The van der Waals surface area contributed by atoms with E-state index >= 15 is 0 Å². The van der Waals surface area contributed by atoms with Gasteiger partial charge in [0.2, 0.25) is 0 Å². The van der Waals surface area contributed by atoms with Crippen LogP contribution in [0.15, 0.2) is 0 Å². The second-order valence-electron chi connectivity index (χ2n) is 0.213. The van der Waals surface area contributed by atoms with E-state index in [0.717, 1.165) is 0 Å². The Morgan fingerprint density at radius 3 is 1.50 bits per heavy atom. The molecule has 0 atom stereocenters. The third-order valence-electron chi connectivity index (χ3n) is 0. The van der Waals surface area contributed by atoms with Crippen LogP contribution < -0.4 is 0 Å². The van der Waals surface area contributed by atoms with Crippen molar-refractivity contribution < 1.29 is 23.8 Å². The fourth-order valence-electron chi connectivity index (χ4n) is 0. The van der Waals surface area contributed by atoms with E-state index in [0.29, 0.717) is 0 Å². The van der Waals surface area contributed by atoms with Crippen molar-refractivity contribution in [2.75, 3.05) is 0 Å². The molecule has 24 valence electrons. The van der Waals surface area contributed by atoms with E-state index in [1.54, 1.807) is 0 Å². The molecule has 0 rings (SSSR count). The molecule has 0 aromatic rings. The van der Waals surface area contributed by atoms with Crippen LogP contribution in [-0.2, 0) is 23.8 Å². The molecule has 0 spiro atoms. The van der Waals surface area contributed by atoms with Gasteiger partial charge < -0.3 is 0 Å². The molecule has 4 heavy (non-hydrogen) atoms. The Balaban J connectivity index is 3.51. The Bertz CT molecular complexity index is 54.4. The summed E-state index contributed by atoms with van der Waals surface area (Å²) in [5.74, 6) is 0. The number of rotatable bonds is 0. The van der Waals surface area contributed by atoms with Crippen molar-refractivity contribution in [1.29, 1.82) is 0 Å². The Morgan fingerprint density at radius 1 is 1.50 bits per heavy atom. The van der Waals surface area contributed by atoms with Crippen LogP contribution in [-0.4, -0.2) is 0 Å². The molecule has 0 aromatic heterocycles. The molecule has 0 saturated carbocycles. The van der Waals surface area contributed by atoms with Gasteiger partial charge in [-0.2, -0.15) is 0 Å². The van der Waals surface area contributed by atoms with Crippen LogP contribution >= 0.6 is 9.19 Å². The summed E-state index contributed by atoms with van der Waals surface area (Å²) in [5, 5.41) is 0. The molecule has 0 aliphatic rings. The molecule has 0 saturated heterocycles. The summed E-state index contributed by atoms with van der Waals surface area (Å²) < 4.78 is 17.8. The van der Waals surface area contributed by atoms with Crippen LogP contribution in [0.5, 0.6) is 0 Å². The van der Waals surface area contributed by atoms with Crippen molar-refractivity contribution in [3.05, 3.63) is 0 Å². The Hall–Kier alpha value is 0.630. The van der Waals surface area contributed by atoms with Crippen LogP contribution in [0.2, 0.25) is 0 Å². The third-order valence-corrected chi connectivity index (χ3v) is 0. The van der Waals surface area contributed by atoms with Crippen molar-refractivity contribution >= 4 is 9.19 Å². The van der Waals surface area contributed by atoms with Crippen molar-refractivity contribution in [3.8, 4) is 0 Å². The van der Waals surface area contributed by atoms with Crippen molar-refractivity contribution in [1.82, 2.24) is 0 Å². The van der Waals surface area contributed by atoms with E-state index in [9.17, 15) is 0 Å². The second-order valence-corrected chi connectivity index (χ2v) is 2.89. The summed E-state index contributed by atoms with van der Waals surface area (Å²) >= 11 is -3.48. The fourth-order valence-corrected chi connectivity index (χ4v) is 0. The minimum atomic E-state index is -3.48. The maximum absolute atomic E-state index is 8.92. The first kappa shape index (κ1) is 4.63. The van der Waals surface area contributed by atoms with Gasteiger partial charge in [-0.05, 0) is 0 Å². The van der Waals surface area contributed by atoms with Gasteiger partial charge in [0.15, 0.2) is 0 Å². The average molecular weight is 160 g/mol. The first-order chi connectivity index (χ1) is 1.73. The first-order valence-corrected chi connectivity index (χ1v) is 5.16. The van der Waals surface area contributed by atoms with Gasteiger partial charge in [0.05, 0.1) is 0 Å². The summed E-state index contributed by atoms with van der Waals surface area (Å²) in [6.45, 7) is 0. The zero-order valence-electron chi connectivity index (χ0n) is 1.64. The maximum atomic E-state index is 8.92. The zero-order chi connectivity index (χ0) is 3.58. The number of hydrogen-bond acceptors (Lipinski definition) is 2. The van der Waals surface area contributed by atoms with Gasteiger partial charge in [-0.3, -0.25) is 0 Å². The Kier molecular flexibility index (Phi) is 2.21. The topological polar surface area (TPSA) is 34.1 Å². The summed E-state index contributed by atoms with van der Waals surface area (Å²) in [4.78, 5) is 0. The molecule has 0 bridgehead atoms. The van der Waals surface area contributed by atoms with Crippen molar-refractivity contribution in [2.24, 2.45) is 0 Å². The van der Waals surface area contributed by atoms with Gasteiger partial charge in [0, 0.05) is 0 Å². The second kappa shape index (κ2) is 1.91. The predicted octanol–water partition coefficient (Wildman–Crippen LogP) is 0.449. The van der Waals surface area contributed by atoms with Crippen LogP contribution in [0.1, 0.15) is 0 Å². The molecular formula is ClNbO2. The molecule has 0 N–H and O–H groups in total. The molecule has 0 aliphatic carbocycles. The normalized spacial score (nSPS) is 6.25. The molecular weight excluding hydrogens is 160 g/mol. The molecule has 2 nitrogen and oxygen atoms in total. The molecule has 0 unspecified atom stereocenters. The van der Waals surface area contributed by atoms with Gasteiger partial charge >= 0.3 is 33.0 Å². The fraction of sp³-hybridized carbons (Fsp3) is 0. The van der Waals surface area contributed by atoms with E-state index < -0.39 is 17.3 Å². The quantitative estimate of drug-likeness (QED) is 0.482. The molecule has 0 fully saturated rings. The van der Waals surface area contributed by atoms with Crippen molar-refractivity contribution in [2.45, 2.75) is 0 Å². The van der Waals surface area contributed by atoms with Gasteiger partial charge in [0.1, 0.15) is 0 Å². The van der Waals surface area contributed by atoms with Gasteiger partial charge in [-0.1, -0.05) is 0 Å². The van der Waals surface area contributed by atoms with Crippen LogP contribution in [0.25, 0.3) is 0 Å². The Morgan fingerprint density at radius 2 is 1.50 bits per heavy atom. The summed E-state index contributed by atoms with van der Waals surface area (Å²) in [5.41, 5.74) is 0. The predicted molar refractivity (Wildman–Crippen MR) is 7.23 cm³/mol. The summed E-state index contributed by atoms with van der Waals surface area (Å²) in [6.07, 6.45) is 0. The molecule has 0 amide bonds. The number of halogens is 1. The van der Waals surface area contributed by atoms with E-state index in [1.807, 2.05) is 0 Å². The molecule has 4 heteroatoms. The zero-order valence-corrected chi connectivity index (χ0v) is 4.60. The van der Waals surface area contributed by atoms with Crippen LogP contribution in [0.4, 0.5) is 0 Å². The van der Waals surface area contributed by atoms with E-state index in [-0.39, 0.29) is 0 Å². The van der Waals surface area contributed by atoms with Gasteiger partial charge in [-0.25, -0.2) is 0 Å². The molecule has 0 aliphatic heterocycles. The molecule has 0 heterocycles. The van der Waals surface area contributed by atoms with E-state index in [1.165, 1.54) is 0 Å². The SMILES string of the molecule is [O]=[Nb](=[O])[Cl]. The van der Waals surface area contributed by atoms with E-state index in [2.05, 4.69) is 9.19 Å². The van der Waals surface area contributed by atoms with Crippen molar-refractivity contribution in [3.63, 3.8) is 0 Å². The average Bonchev–Trinajstić information content (AvgIpc) is 0.811.